The van der Waals surface area contributed by atoms with Gasteiger partial charge in [0, 0.05) is 13.0 Å². The van der Waals surface area contributed by atoms with Crippen LogP contribution in [0.5, 0.6) is 0 Å². The van der Waals surface area contributed by atoms with Crippen LogP contribution in [0.15, 0.2) is 0 Å². The minimum atomic E-state index is -3.64. The zero-order valence-corrected chi connectivity index (χ0v) is 9.80. The van der Waals surface area contributed by atoms with Crippen LogP contribution in [0.1, 0.15) is 33.1 Å². The van der Waals surface area contributed by atoms with Crippen molar-refractivity contribution in [2.75, 3.05) is 6.54 Å². The molecule has 0 rings (SSSR count). The zero-order chi connectivity index (χ0) is 12.1. The molecule has 6 nitrogen and oxygen atoms in total. The molecule has 0 bridgehead atoms. The van der Waals surface area contributed by atoms with Crippen molar-refractivity contribution < 1.29 is 18.3 Å². The predicted molar refractivity (Wildman–Crippen MR) is 56.4 cm³/mol. The smallest absolute Gasteiger partial charge is 0.303 e. The van der Waals surface area contributed by atoms with E-state index in [1.54, 1.807) is 0 Å². The van der Waals surface area contributed by atoms with Gasteiger partial charge in [-0.05, 0) is 18.3 Å². The summed E-state index contributed by atoms with van der Waals surface area (Å²) in [5, 5.41) is 13.3. The van der Waals surface area contributed by atoms with Crippen LogP contribution in [0.25, 0.3) is 0 Å². The van der Waals surface area contributed by atoms with Crippen molar-refractivity contribution in [3.8, 4) is 0 Å². The second-order valence-corrected chi connectivity index (χ2v) is 5.63. The van der Waals surface area contributed by atoms with Gasteiger partial charge in [-0.25, -0.2) is 9.86 Å². The summed E-state index contributed by atoms with van der Waals surface area (Å²) < 4.78 is 23.3. The van der Waals surface area contributed by atoms with E-state index >= 15 is 0 Å². The van der Waals surface area contributed by atoms with Gasteiger partial charge in [0.05, 0.1) is 0 Å². The molecule has 0 radical (unpaired) electrons. The highest BCUT2D eigenvalue weighted by Crippen LogP contribution is 2.25. The molecule has 0 atom stereocenters. The van der Waals surface area contributed by atoms with Crippen molar-refractivity contribution in [1.29, 1.82) is 0 Å². The Morgan fingerprint density at radius 1 is 1.40 bits per heavy atom. The lowest BCUT2D eigenvalue weighted by molar-refractivity contribution is -0.137. The first-order valence-corrected chi connectivity index (χ1v) is 6.16. The molecule has 0 heterocycles. The topological polar surface area (TPSA) is 109 Å². The molecule has 0 unspecified atom stereocenters. The minimum Gasteiger partial charge on any atom is -0.481 e. The van der Waals surface area contributed by atoms with Crippen LogP contribution in [0.4, 0.5) is 0 Å². The van der Waals surface area contributed by atoms with Crippen molar-refractivity contribution >= 4 is 16.2 Å². The van der Waals surface area contributed by atoms with Crippen LogP contribution in [-0.2, 0) is 15.0 Å². The molecule has 0 amide bonds. The summed E-state index contributed by atoms with van der Waals surface area (Å²) in [4.78, 5) is 10.3. The van der Waals surface area contributed by atoms with Gasteiger partial charge < -0.3 is 5.11 Å². The Bertz CT molecular complexity index is 311. The highest BCUT2D eigenvalue weighted by atomic mass is 32.2. The summed E-state index contributed by atoms with van der Waals surface area (Å²) in [6.45, 7) is 4.01. The Kier molecular flexibility index (Phi) is 5.19. The quantitative estimate of drug-likeness (QED) is 0.582. The number of aliphatic carboxylic acids is 1. The SMILES string of the molecule is CC(C)(CCNS(N)(=O)=O)CCC(=O)O. The van der Waals surface area contributed by atoms with Gasteiger partial charge in [-0.2, -0.15) is 8.42 Å². The van der Waals surface area contributed by atoms with Crippen LogP contribution in [-0.4, -0.2) is 26.0 Å². The van der Waals surface area contributed by atoms with E-state index in [1.807, 2.05) is 13.8 Å². The Labute approximate surface area is 90.0 Å². The molecule has 4 N–H and O–H groups in total. The maximum atomic E-state index is 10.6. The van der Waals surface area contributed by atoms with E-state index in [2.05, 4.69) is 4.72 Å². The number of nitrogens with one attached hydrogen (secondary N) is 1. The first-order valence-electron chi connectivity index (χ1n) is 4.62. The van der Waals surface area contributed by atoms with Crippen molar-refractivity contribution in [3.05, 3.63) is 0 Å². The third kappa shape index (κ3) is 9.64. The predicted octanol–water partition coefficient (Wildman–Crippen LogP) is 0.0606. The van der Waals surface area contributed by atoms with Crippen LogP contribution in [0, 0.1) is 5.41 Å². The van der Waals surface area contributed by atoms with Gasteiger partial charge in [0.1, 0.15) is 0 Å². The fourth-order valence-electron chi connectivity index (χ4n) is 1.10. The Balaban J connectivity index is 3.88. The maximum absolute atomic E-state index is 10.6. The normalized spacial score (nSPS) is 12.7. The molecule has 15 heavy (non-hydrogen) atoms. The molecule has 0 aliphatic rings. The van der Waals surface area contributed by atoms with Gasteiger partial charge in [-0.1, -0.05) is 13.8 Å². The maximum Gasteiger partial charge on any atom is 0.303 e. The second kappa shape index (κ2) is 5.43. The average molecular weight is 238 g/mol. The highest BCUT2D eigenvalue weighted by Gasteiger charge is 2.19. The molecule has 0 aliphatic heterocycles. The van der Waals surface area contributed by atoms with Crippen LogP contribution in [0.3, 0.4) is 0 Å². The van der Waals surface area contributed by atoms with E-state index in [0.29, 0.717) is 12.8 Å². The number of nitrogens with two attached hydrogens (primary N) is 1. The second-order valence-electron chi connectivity index (χ2n) is 4.25. The number of carboxylic acids is 1. The Morgan fingerprint density at radius 2 is 1.93 bits per heavy atom. The largest absolute Gasteiger partial charge is 0.481 e. The molecular weight excluding hydrogens is 220 g/mol. The standard InChI is InChI=1S/C8H18N2O4S/c1-8(2,4-3-7(11)12)5-6-10-15(9,13)14/h10H,3-6H2,1-2H3,(H,11,12)(H2,9,13,14). The van der Waals surface area contributed by atoms with Crippen molar-refractivity contribution in [2.45, 2.75) is 33.1 Å². The molecule has 7 heteroatoms. The summed E-state index contributed by atoms with van der Waals surface area (Å²) in [5.74, 6) is -0.845. The molecule has 0 aromatic carbocycles. The van der Waals surface area contributed by atoms with Gasteiger partial charge in [-0.3, -0.25) is 4.79 Å². The van der Waals surface area contributed by atoms with Crippen LogP contribution >= 0.6 is 0 Å². The van der Waals surface area contributed by atoms with E-state index in [9.17, 15) is 13.2 Å². The molecule has 0 saturated carbocycles. The molecule has 0 saturated heterocycles. The minimum absolute atomic E-state index is 0.0857. The molecular formula is C8H18N2O4S. The molecule has 0 aliphatic carbocycles. The van der Waals surface area contributed by atoms with E-state index in [0.717, 1.165) is 0 Å². The number of rotatable bonds is 7. The van der Waals surface area contributed by atoms with Gasteiger partial charge >= 0.3 is 5.97 Å². The number of hydrogen-bond acceptors (Lipinski definition) is 3. The number of carbonyl (C=O) groups is 1. The molecule has 0 aromatic rings. The lowest BCUT2D eigenvalue weighted by Gasteiger charge is -2.23. The highest BCUT2D eigenvalue weighted by molar-refractivity contribution is 7.87. The Hall–Kier alpha value is -0.660. The Morgan fingerprint density at radius 3 is 2.33 bits per heavy atom. The lowest BCUT2D eigenvalue weighted by atomic mass is 9.84. The van der Waals surface area contributed by atoms with Gasteiger partial charge in [0.2, 0.25) is 0 Å². The van der Waals surface area contributed by atoms with Gasteiger partial charge in [-0.15, -0.1) is 0 Å². The van der Waals surface area contributed by atoms with Crippen LogP contribution < -0.4 is 9.86 Å². The third-order valence-corrected chi connectivity index (χ3v) is 2.73. The summed E-state index contributed by atoms with van der Waals surface area (Å²) in [6.07, 6.45) is 1.15. The number of carboxylic acid groups (broad SMARTS) is 1. The molecule has 0 aromatic heterocycles. The molecule has 0 spiro atoms. The van der Waals surface area contributed by atoms with Crippen LogP contribution in [0.2, 0.25) is 0 Å². The molecule has 0 fully saturated rings. The van der Waals surface area contributed by atoms with E-state index < -0.39 is 16.2 Å². The summed E-state index contributed by atoms with van der Waals surface area (Å²) in [6, 6.07) is 0. The summed E-state index contributed by atoms with van der Waals surface area (Å²) in [5.41, 5.74) is -0.212. The van der Waals surface area contributed by atoms with Crippen molar-refractivity contribution in [2.24, 2.45) is 10.6 Å². The fourth-order valence-corrected chi connectivity index (χ4v) is 1.49. The van der Waals surface area contributed by atoms with E-state index in [-0.39, 0.29) is 18.4 Å². The van der Waals surface area contributed by atoms with Gasteiger partial charge in [0.25, 0.3) is 10.2 Å². The van der Waals surface area contributed by atoms with Crippen molar-refractivity contribution in [3.63, 3.8) is 0 Å². The zero-order valence-electron chi connectivity index (χ0n) is 8.99. The summed E-state index contributed by atoms with van der Waals surface area (Å²) in [7, 11) is -3.64. The van der Waals surface area contributed by atoms with E-state index in [4.69, 9.17) is 10.2 Å². The fraction of sp³-hybridized carbons (Fsp3) is 0.875. The van der Waals surface area contributed by atoms with Gasteiger partial charge in [0.15, 0.2) is 0 Å². The van der Waals surface area contributed by atoms with Crippen molar-refractivity contribution in [1.82, 2.24) is 4.72 Å². The van der Waals surface area contributed by atoms with E-state index in [1.165, 1.54) is 0 Å². The third-order valence-electron chi connectivity index (χ3n) is 2.12. The summed E-state index contributed by atoms with van der Waals surface area (Å²) >= 11 is 0. The number of hydrogen-bond donors (Lipinski definition) is 3. The average Bonchev–Trinajstić information content (AvgIpc) is 1.98. The first-order chi connectivity index (χ1) is 6.62. The first kappa shape index (κ1) is 14.3. The monoisotopic (exact) mass is 238 g/mol. The lowest BCUT2D eigenvalue weighted by Crippen LogP contribution is -2.33. The molecule has 90 valence electrons.